The first-order valence-corrected chi connectivity index (χ1v) is 7.31. The molecule has 0 saturated carbocycles. The number of carboxylic acids is 1. The molecule has 0 aliphatic rings. The summed E-state index contributed by atoms with van der Waals surface area (Å²) in [6.07, 6.45) is -4.86. The number of rotatable bonds is 4. The molecule has 1 aromatic rings. The number of hydrogen-bond acceptors (Lipinski definition) is 3. The predicted octanol–water partition coefficient (Wildman–Crippen LogP) is 2.73. The molecule has 1 rings (SSSR count). The van der Waals surface area contributed by atoms with Gasteiger partial charge in [0.2, 0.25) is 0 Å². The van der Waals surface area contributed by atoms with Crippen LogP contribution in [-0.2, 0) is 21.8 Å². The average molecular weight is 310 g/mol. The van der Waals surface area contributed by atoms with Crippen molar-refractivity contribution in [1.82, 2.24) is 0 Å². The van der Waals surface area contributed by atoms with Crippen LogP contribution >= 0.6 is 0 Å². The molecule has 0 unspecified atom stereocenters. The normalized spacial score (nSPS) is 12.7. The molecular formula is C12H13F3O4S. The van der Waals surface area contributed by atoms with Crippen LogP contribution in [0.2, 0.25) is 0 Å². The summed E-state index contributed by atoms with van der Waals surface area (Å²) in [6, 6.07) is 2.43. The van der Waals surface area contributed by atoms with Crippen molar-refractivity contribution in [2.45, 2.75) is 31.0 Å². The Morgan fingerprint density at radius 1 is 1.30 bits per heavy atom. The van der Waals surface area contributed by atoms with Crippen LogP contribution in [0.3, 0.4) is 0 Å². The van der Waals surface area contributed by atoms with Gasteiger partial charge in [-0.05, 0) is 31.5 Å². The molecule has 0 atom stereocenters. The van der Waals surface area contributed by atoms with Crippen LogP contribution in [0.15, 0.2) is 18.2 Å². The third kappa shape index (κ3) is 3.72. The van der Waals surface area contributed by atoms with Crippen molar-refractivity contribution < 1.29 is 31.5 Å². The van der Waals surface area contributed by atoms with Gasteiger partial charge in [-0.25, -0.2) is 13.2 Å². The van der Waals surface area contributed by atoms with E-state index < -0.39 is 44.1 Å². The summed E-state index contributed by atoms with van der Waals surface area (Å²) >= 11 is 0. The van der Waals surface area contributed by atoms with Gasteiger partial charge < -0.3 is 5.11 Å². The predicted molar refractivity (Wildman–Crippen MR) is 66.2 cm³/mol. The van der Waals surface area contributed by atoms with E-state index in [1.165, 1.54) is 13.8 Å². The number of halogens is 3. The lowest BCUT2D eigenvalue weighted by molar-refractivity contribution is -0.138. The number of sulfone groups is 1. The monoisotopic (exact) mass is 310 g/mol. The highest BCUT2D eigenvalue weighted by Crippen LogP contribution is 2.33. The van der Waals surface area contributed by atoms with Gasteiger partial charge in [-0.15, -0.1) is 0 Å². The first-order chi connectivity index (χ1) is 8.95. The molecule has 8 heteroatoms. The smallest absolute Gasteiger partial charge is 0.417 e. The minimum atomic E-state index is -4.86. The van der Waals surface area contributed by atoms with E-state index >= 15 is 0 Å². The molecule has 0 aliphatic heterocycles. The number of aromatic carboxylic acids is 1. The van der Waals surface area contributed by atoms with Crippen molar-refractivity contribution in [3.05, 3.63) is 34.9 Å². The van der Waals surface area contributed by atoms with Crippen LogP contribution in [0.4, 0.5) is 13.2 Å². The molecular weight excluding hydrogens is 297 g/mol. The molecule has 0 radical (unpaired) electrons. The molecule has 0 aromatic heterocycles. The Morgan fingerprint density at radius 3 is 2.25 bits per heavy atom. The molecule has 4 nitrogen and oxygen atoms in total. The third-order valence-electron chi connectivity index (χ3n) is 2.71. The fourth-order valence-electron chi connectivity index (χ4n) is 1.50. The maximum atomic E-state index is 12.8. The number of carbonyl (C=O) groups is 1. The molecule has 20 heavy (non-hydrogen) atoms. The summed E-state index contributed by atoms with van der Waals surface area (Å²) in [5.74, 6) is -2.27. The fraction of sp³-hybridized carbons (Fsp3) is 0.417. The zero-order chi connectivity index (χ0) is 15.7. The molecule has 0 aliphatic carbocycles. The second-order valence-electron chi connectivity index (χ2n) is 4.54. The Kier molecular flexibility index (Phi) is 4.48. The lowest BCUT2D eigenvalue weighted by atomic mass is 10.0. The molecule has 0 bridgehead atoms. The summed E-state index contributed by atoms with van der Waals surface area (Å²) in [7, 11) is -3.56. The van der Waals surface area contributed by atoms with Gasteiger partial charge in [0, 0.05) is 0 Å². The van der Waals surface area contributed by atoms with Gasteiger partial charge in [0.1, 0.15) is 0 Å². The van der Waals surface area contributed by atoms with Crippen LogP contribution in [0, 0.1) is 0 Å². The van der Waals surface area contributed by atoms with E-state index in [0.717, 1.165) is 12.1 Å². The number of hydrogen-bond donors (Lipinski definition) is 1. The highest BCUT2D eigenvalue weighted by atomic mass is 32.2. The zero-order valence-corrected chi connectivity index (χ0v) is 11.5. The van der Waals surface area contributed by atoms with E-state index in [1.54, 1.807) is 0 Å². The van der Waals surface area contributed by atoms with E-state index in [9.17, 15) is 26.4 Å². The van der Waals surface area contributed by atoms with E-state index in [-0.39, 0.29) is 5.56 Å². The first kappa shape index (κ1) is 16.5. The molecule has 112 valence electrons. The summed E-state index contributed by atoms with van der Waals surface area (Å²) in [6.45, 7) is 2.84. The average Bonchev–Trinajstić information content (AvgIpc) is 2.26. The molecule has 0 heterocycles. The van der Waals surface area contributed by atoms with Crippen molar-refractivity contribution in [3.63, 3.8) is 0 Å². The van der Waals surface area contributed by atoms with Gasteiger partial charge in [-0.1, -0.05) is 6.07 Å². The zero-order valence-electron chi connectivity index (χ0n) is 10.7. The number of carboxylic acid groups (broad SMARTS) is 1. The minimum Gasteiger partial charge on any atom is -0.478 e. The Morgan fingerprint density at radius 2 is 1.85 bits per heavy atom. The summed E-state index contributed by atoms with van der Waals surface area (Å²) in [5, 5.41) is 8.00. The maximum absolute atomic E-state index is 12.8. The molecule has 1 N–H and O–H groups in total. The summed E-state index contributed by atoms with van der Waals surface area (Å²) in [5.41, 5.74) is -2.33. The molecule has 0 spiro atoms. The lowest BCUT2D eigenvalue weighted by Gasteiger charge is -2.13. The van der Waals surface area contributed by atoms with Crippen LogP contribution < -0.4 is 0 Å². The van der Waals surface area contributed by atoms with Crippen LogP contribution in [0.1, 0.15) is 35.3 Å². The Bertz CT molecular complexity index is 618. The quantitative estimate of drug-likeness (QED) is 0.928. The highest BCUT2D eigenvalue weighted by Gasteiger charge is 2.35. The molecule has 0 amide bonds. The van der Waals surface area contributed by atoms with Crippen molar-refractivity contribution in [3.8, 4) is 0 Å². The van der Waals surface area contributed by atoms with E-state index in [2.05, 4.69) is 0 Å². The SMILES string of the molecule is CC(C)S(=O)(=O)Cc1ccc(C(=O)O)c(C(F)(F)F)c1. The highest BCUT2D eigenvalue weighted by molar-refractivity contribution is 7.91. The summed E-state index contributed by atoms with van der Waals surface area (Å²) < 4.78 is 61.7. The van der Waals surface area contributed by atoms with Gasteiger partial charge >= 0.3 is 12.1 Å². The topological polar surface area (TPSA) is 71.4 Å². The first-order valence-electron chi connectivity index (χ1n) is 5.60. The van der Waals surface area contributed by atoms with Crippen LogP contribution in [0.25, 0.3) is 0 Å². The Balaban J connectivity index is 3.31. The fourth-order valence-corrected chi connectivity index (χ4v) is 2.48. The number of alkyl halides is 3. The van der Waals surface area contributed by atoms with Crippen LogP contribution in [0.5, 0.6) is 0 Å². The minimum absolute atomic E-state index is 0.0870. The van der Waals surface area contributed by atoms with Gasteiger partial charge in [0.05, 0.1) is 22.1 Å². The Labute approximate surface area is 114 Å². The second-order valence-corrected chi connectivity index (χ2v) is 7.10. The molecule has 1 aromatic carbocycles. The number of benzene rings is 1. The van der Waals surface area contributed by atoms with Crippen LogP contribution in [-0.4, -0.2) is 24.7 Å². The van der Waals surface area contributed by atoms with Crippen molar-refractivity contribution in [1.29, 1.82) is 0 Å². The van der Waals surface area contributed by atoms with E-state index in [0.29, 0.717) is 6.07 Å². The van der Waals surface area contributed by atoms with E-state index in [1.807, 2.05) is 0 Å². The van der Waals surface area contributed by atoms with Gasteiger partial charge in [-0.2, -0.15) is 13.2 Å². The van der Waals surface area contributed by atoms with Crippen molar-refractivity contribution in [2.75, 3.05) is 0 Å². The van der Waals surface area contributed by atoms with Crippen molar-refractivity contribution in [2.24, 2.45) is 0 Å². The van der Waals surface area contributed by atoms with Gasteiger partial charge in [0.25, 0.3) is 0 Å². The molecule has 0 saturated heterocycles. The van der Waals surface area contributed by atoms with Crippen molar-refractivity contribution >= 4 is 15.8 Å². The summed E-state index contributed by atoms with van der Waals surface area (Å²) in [4.78, 5) is 10.8. The van der Waals surface area contributed by atoms with Gasteiger partial charge in [0.15, 0.2) is 9.84 Å². The Hall–Kier alpha value is -1.57. The standard InChI is InChI=1S/C12H13F3O4S/c1-7(2)20(18,19)6-8-3-4-9(11(16)17)10(5-8)12(13,14)15/h3-5,7H,6H2,1-2H3,(H,16,17). The largest absolute Gasteiger partial charge is 0.478 e. The van der Waals surface area contributed by atoms with Gasteiger partial charge in [-0.3, -0.25) is 0 Å². The lowest BCUT2D eigenvalue weighted by Crippen LogP contribution is -2.18. The second kappa shape index (κ2) is 5.43. The maximum Gasteiger partial charge on any atom is 0.417 e. The third-order valence-corrected chi connectivity index (χ3v) is 4.88. The van der Waals surface area contributed by atoms with E-state index in [4.69, 9.17) is 5.11 Å². The molecule has 0 fully saturated rings.